The van der Waals surface area contributed by atoms with Crippen molar-refractivity contribution in [3.05, 3.63) is 69.1 Å². The number of carbonyl (C=O) groups excluding carboxylic acids is 1. The maximum absolute atomic E-state index is 11.8. The lowest BCUT2D eigenvalue weighted by Crippen LogP contribution is -2.08. The molecule has 0 bridgehead atoms. The van der Waals surface area contributed by atoms with Crippen LogP contribution in [-0.4, -0.2) is 5.91 Å². The molecule has 2 aromatic carbocycles. The van der Waals surface area contributed by atoms with E-state index in [1.807, 2.05) is 48.5 Å². The SMILES string of the molecule is O=C(C=Cc1ccccc1)Nc1ccc(Br)cc1Br. The second kappa shape index (κ2) is 6.68. The molecule has 0 aromatic heterocycles. The molecule has 1 amide bonds. The molecule has 0 radical (unpaired) electrons. The first-order chi connectivity index (χ1) is 9.15. The van der Waals surface area contributed by atoms with Gasteiger partial charge in [0.15, 0.2) is 0 Å². The van der Waals surface area contributed by atoms with E-state index in [0.717, 1.165) is 20.2 Å². The molecule has 0 unspecified atom stereocenters. The maximum Gasteiger partial charge on any atom is 0.248 e. The predicted octanol–water partition coefficient (Wildman–Crippen LogP) is 4.86. The van der Waals surface area contributed by atoms with Crippen molar-refractivity contribution in [3.8, 4) is 0 Å². The van der Waals surface area contributed by atoms with Gasteiger partial charge in [-0.15, -0.1) is 0 Å². The number of anilines is 1. The molecule has 0 aliphatic heterocycles. The predicted molar refractivity (Wildman–Crippen MR) is 85.9 cm³/mol. The molecule has 96 valence electrons. The Morgan fingerprint density at radius 2 is 1.79 bits per heavy atom. The molecule has 0 aliphatic rings. The summed E-state index contributed by atoms with van der Waals surface area (Å²) < 4.78 is 1.79. The third kappa shape index (κ3) is 4.33. The van der Waals surface area contributed by atoms with E-state index in [4.69, 9.17) is 0 Å². The van der Waals surface area contributed by atoms with Crippen LogP contribution in [-0.2, 0) is 4.79 Å². The number of benzene rings is 2. The molecule has 0 fully saturated rings. The van der Waals surface area contributed by atoms with E-state index in [0.29, 0.717) is 0 Å². The lowest BCUT2D eigenvalue weighted by atomic mass is 10.2. The van der Waals surface area contributed by atoms with Gasteiger partial charge in [-0.05, 0) is 45.8 Å². The highest BCUT2D eigenvalue weighted by molar-refractivity contribution is 9.11. The second-order valence-corrected chi connectivity index (χ2v) is 5.63. The number of nitrogens with one attached hydrogen (secondary N) is 1. The molecule has 2 nitrogen and oxygen atoms in total. The molecule has 0 atom stereocenters. The fourth-order valence-electron chi connectivity index (χ4n) is 1.50. The summed E-state index contributed by atoms with van der Waals surface area (Å²) in [5.41, 5.74) is 1.73. The highest BCUT2D eigenvalue weighted by Gasteiger charge is 2.03. The number of amides is 1. The molecule has 0 spiro atoms. The summed E-state index contributed by atoms with van der Waals surface area (Å²) in [4.78, 5) is 11.8. The van der Waals surface area contributed by atoms with Gasteiger partial charge in [-0.2, -0.15) is 0 Å². The highest BCUT2D eigenvalue weighted by atomic mass is 79.9. The van der Waals surface area contributed by atoms with Gasteiger partial charge in [-0.25, -0.2) is 0 Å². The lowest BCUT2D eigenvalue weighted by Gasteiger charge is -2.05. The summed E-state index contributed by atoms with van der Waals surface area (Å²) in [5.74, 6) is -0.160. The third-order valence-electron chi connectivity index (χ3n) is 2.42. The number of hydrogen-bond donors (Lipinski definition) is 1. The van der Waals surface area contributed by atoms with Gasteiger partial charge < -0.3 is 5.32 Å². The molecular weight excluding hydrogens is 370 g/mol. The van der Waals surface area contributed by atoms with Crippen LogP contribution in [0.1, 0.15) is 5.56 Å². The number of rotatable bonds is 3. The first-order valence-corrected chi connectivity index (χ1v) is 7.23. The molecule has 0 saturated heterocycles. The van der Waals surface area contributed by atoms with E-state index < -0.39 is 0 Å². The fourth-order valence-corrected chi connectivity index (χ4v) is 2.65. The van der Waals surface area contributed by atoms with Gasteiger partial charge >= 0.3 is 0 Å². The van der Waals surface area contributed by atoms with Crippen LogP contribution in [0, 0.1) is 0 Å². The normalized spacial score (nSPS) is 10.6. The minimum Gasteiger partial charge on any atom is -0.321 e. The van der Waals surface area contributed by atoms with Gasteiger partial charge in [0.25, 0.3) is 0 Å². The molecule has 0 saturated carbocycles. The first kappa shape index (κ1) is 14.0. The topological polar surface area (TPSA) is 29.1 Å². The molecule has 2 rings (SSSR count). The largest absolute Gasteiger partial charge is 0.321 e. The molecule has 4 heteroatoms. The lowest BCUT2D eigenvalue weighted by molar-refractivity contribution is -0.111. The van der Waals surface area contributed by atoms with Crippen molar-refractivity contribution in [1.82, 2.24) is 0 Å². The van der Waals surface area contributed by atoms with Crippen molar-refractivity contribution in [2.24, 2.45) is 0 Å². The van der Waals surface area contributed by atoms with E-state index in [2.05, 4.69) is 37.2 Å². The average molecular weight is 381 g/mol. The van der Waals surface area contributed by atoms with Crippen LogP contribution in [0.25, 0.3) is 6.08 Å². The molecule has 19 heavy (non-hydrogen) atoms. The van der Waals surface area contributed by atoms with Crippen molar-refractivity contribution in [2.45, 2.75) is 0 Å². The van der Waals surface area contributed by atoms with E-state index in [9.17, 15) is 4.79 Å². The van der Waals surface area contributed by atoms with E-state index in [1.165, 1.54) is 6.08 Å². The monoisotopic (exact) mass is 379 g/mol. The summed E-state index contributed by atoms with van der Waals surface area (Å²) in [6, 6.07) is 15.3. The zero-order chi connectivity index (χ0) is 13.7. The Morgan fingerprint density at radius 3 is 2.47 bits per heavy atom. The van der Waals surface area contributed by atoms with Crippen molar-refractivity contribution >= 4 is 49.5 Å². The molecule has 2 aromatic rings. The third-order valence-corrected chi connectivity index (χ3v) is 3.57. The van der Waals surface area contributed by atoms with Crippen molar-refractivity contribution in [1.29, 1.82) is 0 Å². The van der Waals surface area contributed by atoms with Crippen LogP contribution in [0.4, 0.5) is 5.69 Å². The highest BCUT2D eigenvalue weighted by Crippen LogP contribution is 2.26. The Labute approximate surface area is 128 Å². The zero-order valence-electron chi connectivity index (χ0n) is 9.94. The van der Waals surface area contributed by atoms with Crippen LogP contribution < -0.4 is 5.32 Å². The van der Waals surface area contributed by atoms with Crippen molar-refractivity contribution < 1.29 is 4.79 Å². The molecule has 1 N–H and O–H groups in total. The summed E-state index contributed by atoms with van der Waals surface area (Å²) in [6.07, 6.45) is 3.30. The van der Waals surface area contributed by atoms with Crippen LogP contribution in [0.2, 0.25) is 0 Å². The average Bonchev–Trinajstić information content (AvgIpc) is 2.41. The van der Waals surface area contributed by atoms with Crippen molar-refractivity contribution in [3.63, 3.8) is 0 Å². The Kier molecular flexibility index (Phi) is 4.93. The summed E-state index contributed by atoms with van der Waals surface area (Å²) in [7, 11) is 0. The Balaban J connectivity index is 2.04. The molecule has 0 heterocycles. The number of carbonyl (C=O) groups is 1. The molecule has 0 aliphatic carbocycles. The standard InChI is InChI=1S/C15H11Br2NO/c16-12-7-8-14(13(17)10-12)18-15(19)9-6-11-4-2-1-3-5-11/h1-10H,(H,18,19). The number of hydrogen-bond acceptors (Lipinski definition) is 1. The minimum atomic E-state index is -0.160. The van der Waals surface area contributed by atoms with Gasteiger partial charge in [0, 0.05) is 15.0 Å². The zero-order valence-corrected chi connectivity index (χ0v) is 13.1. The minimum absolute atomic E-state index is 0.160. The quantitative estimate of drug-likeness (QED) is 0.756. The van der Waals surface area contributed by atoms with Crippen molar-refractivity contribution in [2.75, 3.05) is 5.32 Å². The number of halogens is 2. The Morgan fingerprint density at radius 1 is 1.05 bits per heavy atom. The van der Waals surface area contributed by atoms with Gasteiger partial charge in [-0.1, -0.05) is 46.3 Å². The smallest absolute Gasteiger partial charge is 0.248 e. The van der Waals surface area contributed by atoms with Crippen LogP contribution in [0.15, 0.2) is 63.6 Å². The van der Waals surface area contributed by atoms with Gasteiger partial charge in [-0.3, -0.25) is 4.79 Å². The molecular formula is C15H11Br2NO. The summed E-state index contributed by atoms with van der Waals surface area (Å²) in [6.45, 7) is 0. The van der Waals surface area contributed by atoms with E-state index >= 15 is 0 Å². The first-order valence-electron chi connectivity index (χ1n) is 5.64. The Hall–Kier alpha value is -1.39. The van der Waals surface area contributed by atoms with Gasteiger partial charge in [0.2, 0.25) is 5.91 Å². The van der Waals surface area contributed by atoms with E-state index in [1.54, 1.807) is 6.08 Å². The fraction of sp³-hybridized carbons (Fsp3) is 0. The summed E-state index contributed by atoms with van der Waals surface area (Å²) >= 11 is 6.77. The van der Waals surface area contributed by atoms with Crippen LogP contribution >= 0.6 is 31.9 Å². The van der Waals surface area contributed by atoms with Gasteiger partial charge in [0.1, 0.15) is 0 Å². The second-order valence-electron chi connectivity index (χ2n) is 3.86. The summed E-state index contributed by atoms with van der Waals surface area (Å²) in [5, 5.41) is 2.81. The van der Waals surface area contributed by atoms with E-state index in [-0.39, 0.29) is 5.91 Å². The van der Waals surface area contributed by atoms with Gasteiger partial charge in [0.05, 0.1) is 5.69 Å². The maximum atomic E-state index is 11.8. The van der Waals surface area contributed by atoms with Crippen LogP contribution in [0.5, 0.6) is 0 Å². The Bertz CT molecular complexity index is 609. The van der Waals surface area contributed by atoms with Crippen LogP contribution in [0.3, 0.4) is 0 Å².